The van der Waals surface area contributed by atoms with Gasteiger partial charge in [0.15, 0.2) is 0 Å². The highest BCUT2D eigenvalue weighted by molar-refractivity contribution is 6.11. The van der Waals surface area contributed by atoms with Gasteiger partial charge in [-0.15, -0.1) is 0 Å². The average Bonchev–Trinajstić information content (AvgIpc) is 3.36. The highest BCUT2D eigenvalue weighted by Gasteiger charge is 2.33. The highest BCUT2D eigenvalue weighted by Crippen LogP contribution is 2.47. The van der Waals surface area contributed by atoms with Gasteiger partial charge in [0, 0.05) is 17.4 Å². The molecular weight excluding hydrogens is 575 g/mol. The lowest BCUT2D eigenvalue weighted by atomic mass is 9.96. The topological polar surface area (TPSA) is 135 Å². The van der Waals surface area contributed by atoms with Gasteiger partial charge in [0.05, 0.1) is 41.4 Å². The van der Waals surface area contributed by atoms with Crippen molar-refractivity contribution < 1.29 is 36.3 Å². The number of anilines is 2. The minimum atomic E-state index is -3.52. The minimum Gasteiger partial charge on any atom is -0.496 e. The summed E-state index contributed by atoms with van der Waals surface area (Å²) in [6.07, 6.45) is -7.19. The van der Waals surface area contributed by atoms with E-state index in [-0.39, 0.29) is 56.0 Å². The SMILES string of the molecule is C=CC(=O)Nc1ccc(-c2c(-c3ccc(C(=O)NCC(F)F)c(OC)c3)c3c(N)ncc(C#N)c3n2C(F)C(F)F)cc1. The molecule has 2 heterocycles. The van der Waals surface area contributed by atoms with Crippen LogP contribution in [0, 0.1) is 11.3 Å². The summed E-state index contributed by atoms with van der Waals surface area (Å²) in [5.74, 6) is -1.66. The Morgan fingerprint density at radius 1 is 1.14 bits per heavy atom. The standard InChI is InChI=1S/C29H23F5N6O3/c1-3-21(41)39-17-7-4-14(5-8-17)24-22(15-6-9-18(19(10-15)43-2)29(42)38-13-20(30)31)23-25(40(24)27(34)26(32)33)16(11-35)12-37-28(23)36/h3-10,12,20,26-27H,1,13H2,2H3,(H2,36,37)(H,38,42)(H,39,41). The molecule has 0 aliphatic rings. The molecule has 2 aromatic heterocycles. The van der Waals surface area contributed by atoms with Gasteiger partial charge in [0.25, 0.3) is 18.8 Å². The molecule has 0 saturated heterocycles. The number of halogens is 5. The Hall–Kier alpha value is -5.45. The van der Waals surface area contributed by atoms with Crippen molar-refractivity contribution in [3.8, 4) is 34.2 Å². The Morgan fingerprint density at radius 2 is 1.81 bits per heavy atom. The molecule has 222 valence electrons. The van der Waals surface area contributed by atoms with E-state index in [1.807, 2.05) is 6.07 Å². The van der Waals surface area contributed by atoms with E-state index in [0.29, 0.717) is 10.3 Å². The van der Waals surface area contributed by atoms with Crippen LogP contribution < -0.4 is 21.1 Å². The zero-order valence-electron chi connectivity index (χ0n) is 22.4. The molecule has 1 unspecified atom stereocenters. The lowest BCUT2D eigenvalue weighted by Crippen LogP contribution is -2.28. The van der Waals surface area contributed by atoms with Crippen LogP contribution in [0.5, 0.6) is 5.75 Å². The van der Waals surface area contributed by atoms with E-state index < -0.39 is 37.5 Å². The Bertz CT molecular complexity index is 1750. The molecule has 1 atom stereocenters. The summed E-state index contributed by atoms with van der Waals surface area (Å²) in [4.78, 5) is 28.3. The second kappa shape index (κ2) is 12.6. The van der Waals surface area contributed by atoms with Crippen molar-refractivity contribution in [3.63, 3.8) is 0 Å². The Morgan fingerprint density at radius 3 is 2.40 bits per heavy atom. The van der Waals surface area contributed by atoms with Crippen molar-refractivity contribution in [2.75, 3.05) is 24.7 Å². The number of aromatic nitrogens is 2. The number of nitriles is 1. The van der Waals surface area contributed by atoms with Gasteiger partial charge < -0.3 is 25.7 Å². The van der Waals surface area contributed by atoms with Gasteiger partial charge in [-0.3, -0.25) is 9.59 Å². The van der Waals surface area contributed by atoms with Gasteiger partial charge in [0.2, 0.25) is 12.2 Å². The van der Waals surface area contributed by atoms with Crippen LogP contribution in [0.1, 0.15) is 22.2 Å². The maximum atomic E-state index is 15.5. The van der Waals surface area contributed by atoms with E-state index in [1.165, 1.54) is 49.6 Å². The fraction of sp³-hybridized carbons (Fsp3) is 0.172. The molecule has 2 amide bonds. The van der Waals surface area contributed by atoms with Crippen molar-refractivity contribution >= 4 is 34.2 Å². The third-order valence-corrected chi connectivity index (χ3v) is 6.39. The number of hydrogen-bond donors (Lipinski definition) is 3. The number of hydrogen-bond acceptors (Lipinski definition) is 6. The van der Waals surface area contributed by atoms with Gasteiger partial charge in [-0.1, -0.05) is 24.8 Å². The molecule has 0 aliphatic carbocycles. The zero-order valence-corrected chi connectivity index (χ0v) is 22.4. The number of methoxy groups -OCH3 is 1. The maximum absolute atomic E-state index is 15.5. The number of alkyl halides is 5. The molecule has 2 aromatic carbocycles. The number of nitrogens with two attached hydrogens (primary N) is 1. The molecule has 0 saturated carbocycles. The number of carbonyl (C=O) groups is 2. The van der Waals surface area contributed by atoms with Crippen LogP contribution in [0.15, 0.2) is 61.3 Å². The van der Waals surface area contributed by atoms with Crippen molar-refractivity contribution in [1.29, 1.82) is 5.26 Å². The van der Waals surface area contributed by atoms with E-state index in [0.717, 1.165) is 12.3 Å². The fourth-order valence-corrected chi connectivity index (χ4v) is 4.57. The number of fused-ring (bicyclic) bond motifs is 1. The molecule has 4 aromatic rings. The molecule has 4 N–H and O–H groups in total. The summed E-state index contributed by atoms with van der Waals surface area (Å²) in [6, 6.07) is 11.6. The van der Waals surface area contributed by atoms with E-state index in [4.69, 9.17) is 10.5 Å². The van der Waals surface area contributed by atoms with Gasteiger partial charge >= 0.3 is 0 Å². The third kappa shape index (κ3) is 5.96. The first-order valence-electron chi connectivity index (χ1n) is 12.5. The first-order valence-corrected chi connectivity index (χ1v) is 12.5. The van der Waals surface area contributed by atoms with Crippen LogP contribution in [0.2, 0.25) is 0 Å². The zero-order chi connectivity index (χ0) is 31.4. The minimum absolute atomic E-state index is 0.0293. The molecule has 0 radical (unpaired) electrons. The lowest BCUT2D eigenvalue weighted by Gasteiger charge is -2.17. The number of nitrogens with zero attached hydrogens (tertiary/aromatic N) is 3. The second-order valence-corrected chi connectivity index (χ2v) is 8.98. The first kappa shape index (κ1) is 30.5. The Labute approximate surface area is 241 Å². The first-order chi connectivity index (χ1) is 20.5. The molecule has 14 heteroatoms. The van der Waals surface area contributed by atoms with Crippen LogP contribution in [0.3, 0.4) is 0 Å². The second-order valence-electron chi connectivity index (χ2n) is 8.98. The van der Waals surface area contributed by atoms with E-state index >= 15 is 4.39 Å². The lowest BCUT2D eigenvalue weighted by molar-refractivity contribution is -0.111. The molecule has 4 rings (SSSR count). The van der Waals surface area contributed by atoms with E-state index in [1.54, 1.807) is 0 Å². The van der Waals surface area contributed by atoms with Gasteiger partial charge in [-0.25, -0.2) is 26.9 Å². The molecule has 0 spiro atoms. The van der Waals surface area contributed by atoms with Crippen LogP contribution in [0.25, 0.3) is 33.3 Å². The van der Waals surface area contributed by atoms with Crippen molar-refractivity contribution in [2.24, 2.45) is 0 Å². The number of benzene rings is 2. The van der Waals surface area contributed by atoms with Gasteiger partial charge in [0.1, 0.15) is 17.6 Å². The summed E-state index contributed by atoms with van der Waals surface area (Å²) in [7, 11) is 1.22. The van der Waals surface area contributed by atoms with Crippen molar-refractivity contribution in [1.82, 2.24) is 14.9 Å². The number of pyridine rings is 1. The van der Waals surface area contributed by atoms with Crippen LogP contribution in [-0.2, 0) is 4.79 Å². The Kier molecular flexibility index (Phi) is 8.94. The van der Waals surface area contributed by atoms with Gasteiger partial charge in [-0.05, 0) is 41.5 Å². The summed E-state index contributed by atoms with van der Waals surface area (Å²) in [6.45, 7) is 2.46. The Balaban J connectivity index is 2.07. The van der Waals surface area contributed by atoms with Crippen LogP contribution in [-0.4, -0.2) is 47.9 Å². The number of carbonyl (C=O) groups excluding carboxylic acids is 2. The normalized spacial score (nSPS) is 11.8. The summed E-state index contributed by atoms with van der Waals surface area (Å²) in [5, 5.41) is 14.4. The molecule has 0 fully saturated rings. The number of amides is 2. The number of nitrogens with one attached hydrogen (secondary N) is 2. The van der Waals surface area contributed by atoms with Crippen LogP contribution in [0.4, 0.5) is 33.5 Å². The van der Waals surface area contributed by atoms with E-state index in [9.17, 15) is 32.4 Å². The molecule has 0 aliphatic heterocycles. The van der Waals surface area contributed by atoms with E-state index in [2.05, 4.69) is 22.2 Å². The summed E-state index contributed by atoms with van der Waals surface area (Å²) >= 11 is 0. The number of ether oxygens (including phenoxy) is 1. The summed E-state index contributed by atoms with van der Waals surface area (Å²) in [5.41, 5.74) is 6.23. The van der Waals surface area contributed by atoms with Gasteiger partial charge in [-0.2, -0.15) is 5.26 Å². The smallest absolute Gasteiger partial charge is 0.288 e. The average molecular weight is 599 g/mol. The third-order valence-electron chi connectivity index (χ3n) is 6.39. The number of nitrogen functional groups attached to an aromatic ring is 1. The fourth-order valence-electron chi connectivity index (χ4n) is 4.57. The quantitative estimate of drug-likeness (QED) is 0.159. The summed E-state index contributed by atoms with van der Waals surface area (Å²) < 4.78 is 74.9. The number of rotatable bonds is 10. The highest BCUT2D eigenvalue weighted by atomic mass is 19.3. The maximum Gasteiger partial charge on any atom is 0.288 e. The predicted molar refractivity (Wildman–Crippen MR) is 150 cm³/mol. The molecular formula is C29H23F5N6O3. The van der Waals surface area contributed by atoms with Crippen LogP contribution >= 0.6 is 0 Å². The predicted octanol–water partition coefficient (Wildman–Crippen LogP) is 5.69. The molecule has 43 heavy (non-hydrogen) atoms. The van der Waals surface area contributed by atoms with Crippen molar-refractivity contribution in [2.45, 2.75) is 19.1 Å². The van der Waals surface area contributed by atoms with Crippen molar-refractivity contribution in [3.05, 3.63) is 72.4 Å². The molecule has 9 nitrogen and oxygen atoms in total. The monoisotopic (exact) mass is 598 g/mol. The largest absolute Gasteiger partial charge is 0.496 e. The molecule has 0 bridgehead atoms.